The molecule has 6 nitrogen and oxygen atoms in total. The molecule has 0 aromatic carbocycles. The average Bonchev–Trinajstić information content (AvgIpc) is 2.17. The van der Waals surface area contributed by atoms with Crippen LogP contribution in [0.2, 0.25) is 0 Å². The minimum atomic E-state index is -0.314. The van der Waals surface area contributed by atoms with E-state index in [0.717, 1.165) is 0 Å². The van der Waals surface area contributed by atoms with Gasteiger partial charge in [0.2, 0.25) is 5.91 Å². The largest absolute Gasteiger partial charge is 0.375 e. The molecule has 1 amide bonds. The Labute approximate surface area is 83.5 Å². The van der Waals surface area contributed by atoms with E-state index in [1.54, 1.807) is 17.1 Å². The lowest BCUT2D eigenvalue weighted by Crippen LogP contribution is -2.59. The van der Waals surface area contributed by atoms with E-state index in [9.17, 15) is 4.79 Å². The van der Waals surface area contributed by atoms with Crippen LogP contribution in [0.1, 0.15) is 0 Å². The highest BCUT2D eigenvalue weighted by Crippen LogP contribution is 2.05. The fraction of sp³-hybridized carbons (Fsp3) is 0.875. The van der Waals surface area contributed by atoms with Crippen molar-refractivity contribution in [2.75, 3.05) is 40.5 Å². The van der Waals surface area contributed by atoms with E-state index < -0.39 is 0 Å². The summed E-state index contributed by atoms with van der Waals surface area (Å²) in [7, 11) is 3.09. The van der Waals surface area contributed by atoms with Crippen LogP contribution in [-0.2, 0) is 14.4 Å². The predicted molar refractivity (Wildman–Crippen MR) is 50.1 cm³/mol. The molecule has 0 spiro atoms. The van der Waals surface area contributed by atoms with E-state index >= 15 is 0 Å². The average molecular weight is 203 g/mol. The molecule has 1 saturated heterocycles. The second-order valence-corrected chi connectivity index (χ2v) is 3.16. The summed E-state index contributed by atoms with van der Waals surface area (Å²) in [5, 5.41) is 1.74. The normalized spacial score (nSPS) is 23.9. The molecule has 0 aromatic heterocycles. The third-order valence-electron chi connectivity index (χ3n) is 2.23. The molecule has 0 saturated carbocycles. The van der Waals surface area contributed by atoms with E-state index in [1.165, 1.54) is 7.11 Å². The number of piperazine rings is 1. The van der Waals surface area contributed by atoms with Crippen LogP contribution in [0, 0.1) is 0 Å². The van der Waals surface area contributed by atoms with Crippen LogP contribution in [0.3, 0.4) is 0 Å². The Hall–Kier alpha value is -0.690. The van der Waals surface area contributed by atoms with Crippen molar-refractivity contribution in [1.29, 1.82) is 0 Å². The zero-order valence-corrected chi connectivity index (χ0v) is 8.60. The number of carbonyl (C=O) groups excluding carboxylic acids is 1. The van der Waals surface area contributed by atoms with E-state index in [1.807, 2.05) is 0 Å². The van der Waals surface area contributed by atoms with Gasteiger partial charge in [0.25, 0.3) is 0 Å². The quantitative estimate of drug-likeness (QED) is 0.612. The lowest BCUT2D eigenvalue weighted by atomic mass is 10.3. The fourth-order valence-electron chi connectivity index (χ4n) is 1.47. The molecule has 2 N–H and O–H groups in total. The van der Waals surface area contributed by atoms with E-state index in [-0.39, 0.29) is 18.7 Å². The number of hydrogen-bond acceptors (Lipinski definition) is 5. The molecule has 0 aliphatic carbocycles. The van der Waals surface area contributed by atoms with Gasteiger partial charge < -0.3 is 20.2 Å². The summed E-state index contributed by atoms with van der Waals surface area (Å²) in [5.41, 5.74) is 5.80. The maximum Gasteiger partial charge on any atom is 0.249 e. The standard InChI is InChI=1S/C8H17N3O3/c1-13-6-8(12)11-4-3-10(14-2)5-7(11)9/h7H,3-6,9H2,1-2H3. The highest BCUT2D eigenvalue weighted by molar-refractivity contribution is 5.77. The number of nitrogens with two attached hydrogens (primary N) is 1. The summed E-state index contributed by atoms with van der Waals surface area (Å²) in [4.78, 5) is 18.1. The molecule has 1 heterocycles. The number of methoxy groups -OCH3 is 1. The van der Waals surface area contributed by atoms with Crippen LogP contribution in [0.4, 0.5) is 0 Å². The number of nitrogens with zero attached hydrogens (tertiary/aromatic N) is 2. The molecule has 1 rings (SSSR count). The number of rotatable bonds is 3. The summed E-state index contributed by atoms with van der Waals surface area (Å²) >= 11 is 0. The monoisotopic (exact) mass is 203 g/mol. The lowest BCUT2D eigenvalue weighted by molar-refractivity contribution is -0.173. The Balaban J connectivity index is 2.45. The van der Waals surface area contributed by atoms with Gasteiger partial charge in [-0.15, -0.1) is 0 Å². The van der Waals surface area contributed by atoms with Crippen molar-refractivity contribution in [2.45, 2.75) is 6.17 Å². The van der Waals surface area contributed by atoms with Gasteiger partial charge in [-0.25, -0.2) is 0 Å². The first-order valence-electron chi connectivity index (χ1n) is 4.52. The first-order valence-corrected chi connectivity index (χ1v) is 4.52. The van der Waals surface area contributed by atoms with Gasteiger partial charge >= 0.3 is 0 Å². The lowest BCUT2D eigenvalue weighted by Gasteiger charge is -2.38. The van der Waals surface area contributed by atoms with Gasteiger partial charge in [-0.3, -0.25) is 4.79 Å². The molecule has 1 aliphatic rings. The minimum Gasteiger partial charge on any atom is -0.375 e. The zero-order valence-electron chi connectivity index (χ0n) is 8.60. The maximum absolute atomic E-state index is 11.5. The van der Waals surface area contributed by atoms with Crippen LogP contribution < -0.4 is 5.73 Å². The van der Waals surface area contributed by atoms with Crippen LogP contribution in [0.5, 0.6) is 0 Å². The Kier molecular flexibility index (Phi) is 4.27. The zero-order chi connectivity index (χ0) is 10.6. The summed E-state index contributed by atoms with van der Waals surface area (Å²) in [5.74, 6) is -0.0734. The van der Waals surface area contributed by atoms with Crippen LogP contribution >= 0.6 is 0 Å². The molecule has 0 radical (unpaired) electrons. The van der Waals surface area contributed by atoms with Gasteiger partial charge in [0.15, 0.2) is 0 Å². The Morgan fingerprint density at radius 3 is 2.71 bits per heavy atom. The second kappa shape index (κ2) is 5.26. The number of hydrogen-bond donors (Lipinski definition) is 1. The van der Waals surface area contributed by atoms with Gasteiger partial charge in [0, 0.05) is 20.2 Å². The van der Waals surface area contributed by atoms with Crippen molar-refractivity contribution in [3.05, 3.63) is 0 Å². The number of carbonyl (C=O) groups is 1. The van der Waals surface area contributed by atoms with Crippen molar-refractivity contribution in [3.8, 4) is 0 Å². The summed E-state index contributed by atoms with van der Waals surface area (Å²) in [6.45, 7) is 1.88. The van der Waals surface area contributed by atoms with Crippen molar-refractivity contribution in [3.63, 3.8) is 0 Å². The fourth-order valence-corrected chi connectivity index (χ4v) is 1.47. The Bertz CT molecular complexity index is 200. The topological polar surface area (TPSA) is 68.0 Å². The van der Waals surface area contributed by atoms with Crippen molar-refractivity contribution in [2.24, 2.45) is 5.73 Å². The second-order valence-electron chi connectivity index (χ2n) is 3.16. The van der Waals surface area contributed by atoms with E-state index in [0.29, 0.717) is 19.6 Å². The molecule has 1 unspecified atom stereocenters. The maximum atomic E-state index is 11.5. The van der Waals surface area contributed by atoms with Crippen LogP contribution in [0.25, 0.3) is 0 Å². The van der Waals surface area contributed by atoms with Gasteiger partial charge in [-0.05, 0) is 0 Å². The molecular formula is C8H17N3O3. The number of ether oxygens (including phenoxy) is 1. The summed E-state index contributed by atoms with van der Waals surface area (Å²) < 4.78 is 4.77. The summed E-state index contributed by atoms with van der Waals surface area (Å²) in [6.07, 6.45) is -0.314. The minimum absolute atomic E-state index is 0.0734. The molecule has 1 aliphatic heterocycles. The highest BCUT2D eigenvalue weighted by Gasteiger charge is 2.27. The van der Waals surface area contributed by atoms with Crippen LogP contribution in [-0.4, -0.2) is 62.5 Å². The molecule has 0 bridgehead atoms. The van der Waals surface area contributed by atoms with Gasteiger partial charge in [0.1, 0.15) is 6.61 Å². The van der Waals surface area contributed by atoms with Gasteiger partial charge in [0.05, 0.1) is 19.8 Å². The number of hydroxylamine groups is 2. The first-order chi connectivity index (χ1) is 6.69. The summed E-state index contributed by atoms with van der Waals surface area (Å²) in [6, 6.07) is 0. The SMILES string of the molecule is COCC(=O)N1CCN(OC)CC1N. The third-order valence-corrected chi connectivity index (χ3v) is 2.23. The molecule has 1 fully saturated rings. The molecule has 6 heteroatoms. The molecule has 1 atom stereocenters. The predicted octanol–water partition coefficient (Wildman–Crippen LogP) is -1.38. The van der Waals surface area contributed by atoms with Gasteiger partial charge in [-0.2, -0.15) is 5.06 Å². The first kappa shape index (κ1) is 11.4. The van der Waals surface area contributed by atoms with Crippen molar-refractivity contribution in [1.82, 2.24) is 9.96 Å². The van der Waals surface area contributed by atoms with Crippen molar-refractivity contribution >= 4 is 5.91 Å². The molecule has 0 aromatic rings. The smallest absolute Gasteiger partial charge is 0.249 e. The van der Waals surface area contributed by atoms with Gasteiger partial charge in [-0.1, -0.05) is 0 Å². The Morgan fingerprint density at radius 1 is 1.50 bits per heavy atom. The molecule has 14 heavy (non-hydrogen) atoms. The molecule has 82 valence electrons. The third kappa shape index (κ3) is 2.65. The Morgan fingerprint density at radius 2 is 2.21 bits per heavy atom. The highest BCUT2D eigenvalue weighted by atomic mass is 16.7. The van der Waals surface area contributed by atoms with Crippen molar-refractivity contribution < 1.29 is 14.4 Å². The van der Waals surface area contributed by atoms with Crippen LogP contribution in [0.15, 0.2) is 0 Å². The number of amides is 1. The van der Waals surface area contributed by atoms with E-state index in [4.69, 9.17) is 15.3 Å². The molecular weight excluding hydrogens is 186 g/mol. The van der Waals surface area contributed by atoms with E-state index in [2.05, 4.69) is 0 Å².